The van der Waals surface area contributed by atoms with Gasteiger partial charge in [0.2, 0.25) is 0 Å². The van der Waals surface area contributed by atoms with E-state index >= 15 is 0 Å². The fourth-order valence-electron chi connectivity index (χ4n) is 3.78. The third-order valence-electron chi connectivity index (χ3n) is 5.35. The first-order valence-corrected chi connectivity index (χ1v) is 10.4. The number of hydrogen-bond donors (Lipinski definition) is 0. The smallest absolute Gasteiger partial charge is 0.331 e. The van der Waals surface area contributed by atoms with Crippen LogP contribution in [0, 0.1) is 12.7 Å². The van der Waals surface area contributed by atoms with E-state index in [0.29, 0.717) is 49.6 Å². The highest BCUT2D eigenvalue weighted by atomic mass is 32.1. The molecule has 1 aliphatic heterocycles. The highest BCUT2D eigenvalue weighted by Gasteiger charge is 2.25. The number of nitrogens with zero attached hydrogens (tertiary/aromatic N) is 3. The molecule has 0 N–H and O–H groups in total. The van der Waals surface area contributed by atoms with Crippen LogP contribution in [0.3, 0.4) is 0 Å². The SMILES string of the molecule is C=C1c2c(C)c(=O)n(CCc3cccs3)c(=O)n2CCN1Cc1ccc(F)cc1. The van der Waals surface area contributed by atoms with Gasteiger partial charge in [0.25, 0.3) is 5.56 Å². The van der Waals surface area contributed by atoms with Gasteiger partial charge >= 0.3 is 5.69 Å². The molecule has 0 atom stereocenters. The molecule has 1 aromatic carbocycles. The van der Waals surface area contributed by atoms with E-state index in [9.17, 15) is 14.0 Å². The van der Waals surface area contributed by atoms with Crippen LogP contribution < -0.4 is 11.2 Å². The van der Waals surface area contributed by atoms with Crippen molar-refractivity contribution in [2.24, 2.45) is 0 Å². The topological polar surface area (TPSA) is 47.2 Å². The molecule has 0 amide bonds. The normalized spacial score (nSPS) is 13.6. The minimum absolute atomic E-state index is 0.261. The van der Waals surface area contributed by atoms with Gasteiger partial charge < -0.3 is 4.90 Å². The number of hydrogen-bond acceptors (Lipinski definition) is 4. The van der Waals surface area contributed by atoms with E-state index in [1.54, 1.807) is 35.0 Å². The summed E-state index contributed by atoms with van der Waals surface area (Å²) in [6.07, 6.45) is 0.656. The quantitative estimate of drug-likeness (QED) is 0.648. The zero-order valence-electron chi connectivity index (χ0n) is 16.2. The molecule has 2 aromatic heterocycles. The van der Waals surface area contributed by atoms with Gasteiger partial charge in [-0.25, -0.2) is 9.18 Å². The highest BCUT2D eigenvalue weighted by molar-refractivity contribution is 7.09. The average Bonchev–Trinajstić information content (AvgIpc) is 3.23. The number of fused-ring (bicyclic) bond motifs is 1. The van der Waals surface area contributed by atoms with Gasteiger partial charge in [0.1, 0.15) is 5.82 Å². The van der Waals surface area contributed by atoms with Gasteiger partial charge in [-0.3, -0.25) is 13.9 Å². The minimum atomic E-state index is -0.283. The second kappa shape index (κ2) is 7.83. The molecular weight excluding hydrogens is 389 g/mol. The van der Waals surface area contributed by atoms with Crippen molar-refractivity contribution in [1.82, 2.24) is 14.0 Å². The van der Waals surface area contributed by atoms with Crippen molar-refractivity contribution in [3.63, 3.8) is 0 Å². The van der Waals surface area contributed by atoms with Crippen molar-refractivity contribution in [2.45, 2.75) is 33.0 Å². The molecular formula is C22H22FN3O2S. The Kier molecular flexibility index (Phi) is 5.24. The first-order chi connectivity index (χ1) is 14.0. The first-order valence-electron chi connectivity index (χ1n) is 9.51. The lowest BCUT2D eigenvalue weighted by Crippen LogP contribution is -2.47. The molecule has 150 valence electrons. The molecule has 4 rings (SSSR count). The summed E-state index contributed by atoms with van der Waals surface area (Å²) in [5, 5.41) is 1.99. The number of rotatable bonds is 5. The summed E-state index contributed by atoms with van der Waals surface area (Å²) in [5.41, 5.74) is 2.19. The van der Waals surface area contributed by atoms with E-state index < -0.39 is 0 Å². The van der Waals surface area contributed by atoms with Crippen molar-refractivity contribution in [3.05, 3.63) is 96.7 Å². The van der Waals surface area contributed by atoms with Crippen LogP contribution in [0.4, 0.5) is 4.39 Å². The summed E-state index contributed by atoms with van der Waals surface area (Å²) >= 11 is 1.62. The monoisotopic (exact) mass is 411 g/mol. The van der Waals surface area contributed by atoms with Gasteiger partial charge in [0.15, 0.2) is 0 Å². The average molecular weight is 412 g/mol. The molecule has 1 aliphatic rings. The lowest BCUT2D eigenvalue weighted by molar-refractivity contribution is 0.331. The van der Waals surface area contributed by atoms with Gasteiger partial charge in [0, 0.05) is 36.6 Å². The van der Waals surface area contributed by atoms with Crippen LogP contribution in [0.5, 0.6) is 0 Å². The van der Waals surface area contributed by atoms with Crippen molar-refractivity contribution >= 4 is 17.0 Å². The highest BCUT2D eigenvalue weighted by Crippen LogP contribution is 2.24. The Morgan fingerprint density at radius 1 is 1.14 bits per heavy atom. The van der Waals surface area contributed by atoms with E-state index in [0.717, 1.165) is 10.4 Å². The fraction of sp³-hybridized carbons (Fsp3) is 0.273. The lowest BCUT2D eigenvalue weighted by Gasteiger charge is -2.34. The Hall–Kier alpha value is -2.93. The third-order valence-corrected chi connectivity index (χ3v) is 6.29. The molecule has 0 unspecified atom stereocenters. The second-order valence-corrected chi connectivity index (χ2v) is 8.22. The maximum absolute atomic E-state index is 13.2. The van der Waals surface area contributed by atoms with Crippen LogP contribution in [-0.2, 0) is 26.1 Å². The van der Waals surface area contributed by atoms with Crippen LogP contribution in [0.1, 0.15) is 21.7 Å². The largest absolute Gasteiger partial charge is 0.364 e. The van der Waals surface area contributed by atoms with Crippen LogP contribution in [-0.4, -0.2) is 20.6 Å². The molecule has 0 bridgehead atoms. The predicted octanol–water partition coefficient (Wildman–Crippen LogP) is 3.25. The summed E-state index contributed by atoms with van der Waals surface area (Å²) in [5.74, 6) is -0.276. The molecule has 29 heavy (non-hydrogen) atoms. The van der Waals surface area contributed by atoms with Crippen molar-refractivity contribution in [1.29, 1.82) is 0 Å². The molecule has 0 radical (unpaired) electrons. The maximum Gasteiger partial charge on any atom is 0.331 e. The zero-order chi connectivity index (χ0) is 20.5. The van der Waals surface area contributed by atoms with Crippen molar-refractivity contribution < 1.29 is 4.39 Å². The van der Waals surface area contributed by atoms with E-state index in [-0.39, 0.29) is 17.1 Å². The minimum Gasteiger partial charge on any atom is -0.364 e. The van der Waals surface area contributed by atoms with Gasteiger partial charge in [0.05, 0.1) is 11.4 Å². The lowest BCUT2D eigenvalue weighted by atomic mass is 10.1. The van der Waals surface area contributed by atoms with Crippen LogP contribution in [0.15, 0.2) is 57.9 Å². The van der Waals surface area contributed by atoms with Gasteiger partial charge in [-0.15, -0.1) is 11.3 Å². The van der Waals surface area contributed by atoms with Crippen LogP contribution in [0.2, 0.25) is 0 Å². The molecule has 0 aliphatic carbocycles. The van der Waals surface area contributed by atoms with E-state index in [2.05, 4.69) is 6.58 Å². The first kappa shape index (κ1) is 19.4. The Bertz CT molecular complexity index is 1160. The van der Waals surface area contributed by atoms with E-state index in [1.165, 1.54) is 16.7 Å². The number of aromatic nitrogens is 2. The number of halogens is 1. The predicted molar refractivity (Wildman–Crippen MR) is 114 cm³/mol. The third kappa shape index (κ3) is 3.70. The summed E-state index contributed by atoms with van der Waals surface area (Å²) < 4.78 is 16.2. The zero-order valence-corrected chi connectivity index (χ0v) is 17.0. The standard InChI is InChI=1S/C22H22FN3O2S/c1-15-20-16(2)24(14-17-5-7-18(23)8-6-17)11-12-25(20)22(28)26(21(15)27)10-9-19-4-3-13-29-19/h3-8,13H,2,9-12,14H2,1H3. The Labute approximate surface area is 172 Å². The Morgan fingerprint density at radius 2 is 1.90 bits per heavy atom. The van der Waals surface area contributed by atoms with E-state index in [1.807, 2.05) is 22.4 Å². The molecule has 3 heterocycles. The van der Waals surface area contributed by atoms with Crippen molar-refractivity contribution in [3.8, 4) is 0 Å². The van der Waals surface area contributed by atoms with Crippen LogP contribution in [0.25, 0.3) is 5.70 Å². The summed E-state index contributed by atoms with van der Waals surface area (Å²) in [6.45, 7) is 7.91. The second-order valence-electron chi connectivity index (χ2n) is 7.19. The molecule has 5 nitrogen and oxygen atoms in total. The molecule has 7 heteroatoms. The molecule has 3 aromatic rings. The van der Waals surface area contributed by atoms with Gasteiger partial charge in [-0.1, -0.05) is 24.8 Å². The number of thiophene rings is 1. The maximum atomic E-state index is 13.2. The molecule has 0 spiro atoms. The fourth-order valence-corrected chi connectivity index (χ4v) is 4.48. The van der Waals surface area contributed by atoms with E-state index in [4.69, 9.17) is 0 Å². The molecule has 0 saturated carbocycles. The van der Waals surface area contributed by atoms with Crippen LogP contribution >= 0.6 is 11.3 Å². The summed E-state index contributed by atoms with van der Waals surface area (Å²) in [4.78, 5) is 29.1. The number of aryl methyl sites for hydroxylation is 1. The van der Waals surface area contributed by atoms with Gasteiger partial charge in [-0.2, -0.15) is 0 Å². The Balaban J connectivity index is 1.64. The van der Waals surface area contributed by atoms with Crippen molar-refractivity contribution in [2.75, 3.05) is 6.54 Å². The molecule has 0 fully saturated rings. The summed E-state index contributed by atoms with van der Waals surface area (Å²) in [7, 11) is 0. The molecule has 0 saturated heterocycles. The summed E-state index contributed by atoms with van der Waals surface area (Å²) in [6, 6.07) is 10.3. The Morgan fingerprint density at radius 3 is 2.59 bits per heavy atom. The van der Waals surface area contributed by atoms with Gasteiger partial charge in [-0.05, 0) is 42.5 Å². The number of benzene rings is 1.